The second kappa shape index (κ2) is 5.56. The lowest BCUT2D eigenvalue weighted by Crippen LogP contribution is -2.10. The highest BCUT2D eigenvalue weighted by atomic mass is 16.6. The Hall–Kier alpha value is -2.98. The van der Waals surface area contributed by atoms with Crippen molar-refractivity contribution in [3.05, 3.63) is 64.2 Å². The van der Waals surface area contributed by atoms with Gasteiger partial charge in [-0.05, 0) is 18.6 Å². The first-order chi connectivity index (χ1) is 9.95. The number of aromatic nitrogens is 2. The molecule has 0 aliphatic heterocycles. The van der Waals surface area contributed by atoms with Crippen LogP contribution in [0.15, 0.2) is 42.7 Å². The maximum absolute atomic E-state index is 11.1. The van der Waals surface area contributed by atoms with Gasteiger partial charge in [0.1, 0.15) is 17.6 Å². The molecule has 21 heavy (non-hydrogen) atoms. The van der Waals surface area contributed by atoms with Crippen LogP contribution in [0.25, 0.3) is 5.69 Å². The first kappa shape index (κ1) is 14.4. The van der Waals surface area contributed by atoms with Crippen LogP contribution in [0.3, 0.4) is 0 Å². The number of aryl methyl sites for hydroxylation is 1. The van der Waals surface area contributed by atoms with Gasteiger partial charge in [-0.2, -0.15) is 5.26 Å². The van der Waals surface area contributed by atoms with E-state index in [1.165, 1.54) is 23.0 Å². The summed E-state index contributed by atoms with van der Waals surface area (Å²) in [6.07, 6.45) is 1.57. The summed E-state index contributed by atoms with van der Waals surface area (Å²) in [6, 6.07) is 6.38. The lowest BCUT2D eigenvalue weighted by Gasteiger charge is -2.12. The topological polar surface area (TPSA) is 105 Å². The number of aliphatic hydroxyl groups is 1. The number of nitro groups is 1. The molecule has 0 bridgehead atoms. The third-order valence-corrected chi connectivity index (χ3v) is 2.97. The van der Waals surface area contributed by atoms with E-state index in [1.54, 1.807) is 25.1 Å². The number of hydrogen-bond donors (Lipinski definition) is 1. The second-order valence-electron chi connectivity index (χ2n) is 4.44. The van der Waals surface area contributed by atoms with Gasteiger partial charge in [-0.15, -0.1) is 0 Å². The minimum atomic E-state index is -1.31. The summed E-state index contributed by atoms with van der Waals surface area (Å²) in [5.41, 5.74) is 0.897. The van der Waals surface area contributed by atoms with Gasteiger partial charge in [0.2, 0.25) is 0 Å². The molecule has 1 heterocycles. The van der Waals surface area contributed by atoms with Gasteiger partial charge in [-0.25, -0.2) is 4.98 Å². The molecule has 0 aliphatic rings. The third-order valence-electron chi connectivity index (χ3n) is 2.97. The van der Waals surface area contributed by atoms with Crippen LogP contribution in [0.2, 0.25) is 0 Å². The molecule has 0 saturated heterocycles. The molecule has 2 aromatic rings. The smallest absolute Gasteiger partial charge is 0.293 e. The number of benzene rings is 1. The van der Waals surface area contributed by atoms with Crippen molar-refractivity contribution in [3.63, 3.8) is 0 Å². The van der Waals surface area contributed by atoms with Crippen molar-refractivity contribution in [2.24, 2.45) is 0 Å². The highest BCUT2D eigenvalue weighted by molar-refractivity contribution is 5.55. The van der Waals surface area contributed by atoms with Crippen molar-refractivity contribution in [2.75, 3.05) is 0 Å². The number of rotatable bonds is 4. The number of hydrogen-bond acceptors (Lipinski definition) is 5. The Morgan fingerprint density at radius 3 is 2.95 bits per heavy atom. The van der Waals surface area contributed by atoms with Crippen LogP contribution in [-0.2, 0) is 0 Å². The van der Waals surface area contributed by atoms with E-state index in [0.717, 1.165) is 5.56 Å². The van der Waals surface area contributed by atoms with Gasteiger partial charge < -0.3 is 5.11 Å². The summed E-state index contributed by atoms with van der Waals surface area (Å²) in [4.78, 5) is 14.6. The van der Waals surface area contributed by atoms with Crippen molar-refractivity contribution in [2.45, 2.75) is 13.0 Å². The Kier molecular flexibility index (Phi) is 3.82. The van der Waals surface area contributed by atoms with Crippen molar-refractivity contribution in [1.82, 2.24) is 9.55 Å². The predicted octanol–water partition coefficient (Wildman–Crippen LogP) is 2.20. The molecule has 1 aromatic heterocycles. The Balaban J connectivity index is 2.62. The van der Waals surface area contributed by atoms with E-state index in [-0.39, 0.29) is 22.8 Å². The van der Waals surface area contributed by atoms with E-state index >= 15 is 0 Å². The van der Waals surface area contributed by atoms with Gasteiger partial charge in [0.15, 0.2) is 0 Å². The van der Waals surface area contributed by atoms with Crippen molar-refractivity contribution in [1.29, 1.82) is 5.26 Å². The van der Waals surface area contributed by atoms with E-state index in [1.807, 2.05) is 0 Å². The van der Waals surface area contributed by atoms with Gasteiger partial charge in [-0.1, -0.05) is 12.6 Å². The molecule has 0 spiro atoms. The number of nitrogens with zero attached hydrogens (tertiary/aromatic N) is 4. The quantitative estimate of drug-likeness (QED) is 0.526. The highest BCUT2D eigenvalue weighted by Gasteiger charge is 2.22. The van der Waals surface area contributed by atoms with E-state index in [9.17, 15) is 15.2 Å². The summed E-state index contributed by atoms with van der Waals surface area (Å²) < 4.78 is 1.39. The number of aliphatic hydroxyl groups excluding tert-OH is 1. The van der Waals surface area contributed by atoms with Crippen LogP contribution < -0.4 is 0 Å². The van der Waals surface area contributed by atoms with Gasteiger partial charge in [0.05, 0.1) is 16.6 Å². The van der Waals surface area contributed by atoms with E-state index in [0.29, 0.717) is 0 Å². The largest absolute Gasteiger partial charge is 0.380 e. The monoisotopic (exact) mass is 284 g/mol. The average Bonchev–Trinajstić information content (AvgIpc) is 2.94. The van der Waals surface area contributed by atoms with Gasteiger partial charge in [0, 0.05) is 18.5 Å². The molecule has 0 amide bonds. The first-order valence-electron chi connectivity index (χ1n) is 6.01. The van der Waals surface area contributed by atoms with E-state index in [4.69, 9.17) is 5.26 Å². The van der Waals surface area contributed by atoms with Crippen LogP contribution in [0, 0.1) is 28.4 Å². The zero-order valence-corrected chi connectivity index (χ0v) is 11.2. The summed E-state index contributed by atoms with van der Waals surface area (Å²) in [5, 5.41) is 30.0. The lowest BCUT2D eigenvalue weighted by molar-refractivity contribution is -0.384. The molecule has 2 rings (SSSR count). The average molecular weight is 284 g/mol. The first-order valence-corrected chi connectivity index (χ1v) is 6.01. The van der Waals surface area contributed by atoms with Crippen LogP contribution in [0.4, 0.5) is 5.69 Å². The molecule has 0 aliphatic carbocycles. The molecular weight excluding hydrogens is 272 g/mol. The predicted molar refractivity (Wildman–Crippen MR) is 74.7 cm³/mol. The molecule has 0 radical (unpaired) electrons. The summed E-state index contributed by atoms with van der Waals surface area (Å²) >= 11 is 0. The number of nitro benzene ring substituents is 1. The van der Waals surface area contributed by atoms with Crippen LogP contribution in [0.5, 0.6) is 0 Å². The van der Waals surface area contributed by atoms with Gasteiger partial charge >= 0.3 is 0 Å². The SMILES string of the molecule is C=C(C#N)C(O)c1nccn1-c1cc(C)ccc1[N+](=O)[O-]. The maximum atomic E-state index is 11.1. The van der Waals surface area contributed by atoms with Crippen molar-refractivity contribution in [3.8, 4) is 11.8 Å². The standard InChI is InChI=1S/C14H12N4O3/c1-9-3-4-11(18(20)21)12(7-9)17-6-5-16-14(17)13(19)10(2)8-15/h3-7,13,19H,2H2,1H3. The fourth-order valence-corrected chi connectivity index (χ4v) is 1.92. The van der Waals surface area contributed by atoms with Gasteiger partial charge in [-0.3, -0.25) is 14.7 Å². The number of imidazole rings is 1. The lowest BCUT2D eigenvalue weighted by atomic mass is 10.1. The molecule has 106 valence electrons. The molecule has 1 aromatic carbocycles. The van der Waals surface area contributed by atoms with E-state index < -0.39 is 11.0 Å². The summed E-state index contributed by atoms with van der Waals surface area (Å²) in [6.45, 7) is 5.24. The summed E-state index contributed by atoms with van der Waals surface area (Å²) in [7, 11) is 0. The minimum Gasteiger partial charge on any atom is -0.380 e. The fraction of sp³-hybridized carbons (Fsp3) is 0.143. The Labute approximate surface area is 120 Å². The maximum Gasteiger partial charge on any atom is 0.293 e. The molecule has 0 fully saturated rings. The Morgan fingerprint density at radius 1 is 1.62 bits per heavy atom. The molecule has 1 N–H and O–H groups in total. The van der Waals surface area contributed by atoms with Crippen molar-refractivity contribution >= 4 is 5.69 Å². The molecule has 1 atom stereocenters. The second-order valence-corrected chi connectivity index (χ2v) is 4.44. The molecule has 7 heteroatoms. The third kappa shape index (κ3) is 2.66. The highest BCUT2D eigenvalue weighted by Crippen LogP contribution is 2.28. The normalized spacial score (nSPS) is 11.7. The number of nitriles is 1. The van der Waals surface area contributed by atoms with Gasteiger partial charge in [0.25, 0.3) is 5.69 Å². The minimum absolute atomic E-state index is 0.0854. The van der Waals surface area contributed by atoms with E-state index in [2.05, 4.69) is 11.6 Å². The van der Waals surface area contributed by atoms with Crippen LogP contribution in [0.1, 0.15) is 17.5 Å². The van der Waals surface area contributed by atoms with Crippen LogP contribution >= 0.6 is 0 Å². The summed E-state index contributed by atoms with van der Waals surface area (Å²) in [5.74, 6) is 0.107. The molecule has 7 nitrogen and oxygen atoms in total. The zero-order valence-electron chi connectivity index (χ0n) is 11.2. The molecule has 0 saturated carbocycles. The molecule has 1 unspecified atom stereocenters. The van der Waals surface area contributed by atoms with Crippen LogP contribution in [-0.4, -0.2) is 19.6 Å². The Morgan fingerprint density at radius 2 is 2.33 bits per heavy atom. The molecular formula is C14H12N4O3. The van der Waals surface area contributed by atoms with Crippen molar-refractivity contribution < 1.29 is 10.0 Å². The Bertz CT molecular complexity index is 758. The fourth-order valence-electron chi connectivity index (χ4n) is 1.92. The zero-order chi connectivity index (χ0) is 15.6.